The second-order valence-electron chi connectivity index (χ2n) is 5.49. The van der Waals surface area contributed by atoms with E-state index in [-0.39, 0.29) is 17.4 Å². The topological polar surface area (TPSA) is 61.2 Å². The van der Waals surface area contributed by atoms with E-state index in [1.165, 1.54) is 11.1 Å². The summed E-state index contributed by atoms with van der Waals surface area (Å²) in [6.45, 7) is 0. The molecule has 1 saturated carbocycles. The largest absolute Gasteiger partial charge is 0.458 e. The van der Waals surface area contributed by atoms with Crippen LogP contribution in [0.4, 0.5) is 0 Å². The van der Waals surface area contributed by atoms with Crippen LogP contribution in [0.25, 0.3) is 10.8 Å². The maximum absolute atomic E-state index is 12.4. The Morgan fingerprint density at radius 3 is 2.57 bits per heavy atom. The Labute approximate surface area is 122 Å². The zero-order valence-corrected chi connectivity index (χ0v) is 12.0. The molecule has 110 valence electrons. The van der Waals surface area contributed by atoms with Gasteiger partial charge in [0.05, 0.1) is 5.39 Å². The summed E-state index contributed by atoms with van der Waals surface area (Å²) in [6.07, 6.45) is 5.20. The smallest absolute Gasteiger partial charge is 0.359 e. The predicted octanol–water partition coefficient (Wildman–Crippen LogP) is 2.42. The van der Waals surface area contributed by atoms with Crippen molar-refractivity contribution in [3.05, 3.63) is 40.3 Å². The molecule has 0 amide bonds. The average molecular weight is 286 g/mol. The minimum Gasteiger partial charge on any atom is -0.458 e. The van der Waals surface area contributed by atoms with E-state index in [2.05, 4.69) is 5.10 Å². The highest BCUT2D eigenvalue weighted by Crippen LogP contribution is 2.22. The number of benzene rings is 1. The van der Waals surface area contributed by atoms with Crippen LogP contribution < -0.4 is 5.56 Å². The standard InChI is InChI=1S/C16H18N2O3/c1-18-15(19)13-10-6-5-9-12(13)14(17-18)16(20)21-11-7-3-2-4-8-11/h5-6,9-11H,2-4,7-8H2,1H3. The molecular weight excluding hydrogens is 268 g/mol. The lowest BCUT2D eigenvalue weighted by atomic mass is 9.98. The second-order valence-corrected chi connectivity index (χ2v) is 5.49. The van der Waals surface area contributed by atoms with Gasteiger partial charge in [0.2, 0.25) is 0 Å². The number of hydrogen-bond donors (Lipinski definition) is 0. The molecule has 0 radical (unpaired) electrons. The van der Waals surface area contributed by atoms with Crippen LogP contribution >= 0.6 is 0 Å². The van der Waals surface area contributed by atoms with Crippen molar-refractivity contribution in [1.82, 2.24) is 9.78 Å². The number of carbonyl (C=O) groups excluding carboxylic acids is 1. The van der Waals surface area contributed by atoms with Crippen molar-refractivity contribution in [3.63, 3.8) is 0 Å². The average Bonchev–Trinajstić information content (AvgIpc) is 2.52. The van der Waals surface area contributed by atoms with Gasteiger partial charge in [0, 0.05) is 12.4 Å². The Bertz CT molecular complexity index is 730. The number of aryl methyl sites for hydroxylation is 1. The summed E-state index contributed by atoms with van der Waals surface area (Å²) in [5.41, 5.74) is 0.0121. The Morgan fingerprint density at radius 2 is 1.86 bits per heavy atom. The molecule has 1 aromatic heterocycles. The van der Waals surface area contributed by atoms with Gasteiger partial charge in [-0.15, -0.1) is 0 Å². The van der Waals surface area contributed by atoms with Gasteiger partial charge in [0.15, 0.2) is 5.69 Å². The molecule has 5 heteroatoms. The first-order valence-electron chi connectivity index (χ1n) is 7.34. The second kappa shape index (κ2) is 5.68. The van der Waals surface area contributed by atoms with Crippen molar-refractivity contribution >= 4 is 16.7 Å². The molecule has 0 unspecified atom stereocenters. The first-order valence-corrected chi connectivity index (χ1v) is 7.34. The van der Waals surface area contributed by atoms with Gasteiger partial charge in [-0.3, -0.25) is 4.79 Å². The van der Waals surface area contributed by atoms with Crippen molar-refractivity contribution in [2.45, 2.75) is 38.2 Å². The number of aromatic nitrogens is 2. The summed E-state index contributed by atoms with van der Waals surface area (Å²) in [5, 5.41) is 5.14. The van der Waals surface area contributed by atoms with Crippen molar-refractivity contribution in [3.8, 4) is 0 Å². The van der Waals surface area contributed by atoms with Gasteiger partial charge in [-0.1, -0.05) is 24.6 Å². The van der Waals surface area contributed by atoms with Gasteiger partial charge in [-0.25, -0.2) is 9.48 Å². The van der Waals surface area contributed by atoms with Gasteiger partial charge < -0.3 is 4.74 Å². The zero-order chi connectivity index (χ0) is 14.8. The summed E-state index contributed by atoms with van der Waals surface area (Å²) >= 11 is 0. The molecule has 0 spiro atoms. The quantitative estimate of drug-likeness (QED) is 0.795. The number of nitrogens with zero attached hydrogens (tertiary/aromatic N) is 2. The van der Waals surface area contributed by atoms with Crippen LogP contribution in [0.15, 0.2) is 29.1 Å². The molecule has 1 heterocycles. The van der Waals surface area contributed by atoms with Crippen molar-refractivity contribution in [1.29, 1.82) is 0 Å². The highest BCUT2D eigenvalue weighted by atomic mass is 16.5. The van der Waals surface area contributed by atoms with Crippen LogP contribution in [0.5, 0.6) is 0 Å². The van der Waals surface area contributed by atoms with Crippen molar-refractivity contribution < 1.29 is 9.53 Å². The van der Waals surface area contributed by atoms with Crippen LogP contribution in [0.1, 0.15) is 42.6 Å². The van der Waals surface area contributed by atoms with Gasteiger partial charge in [0.25, 0.3) is 5.56 Å². The van der Waals surface area contributed by atoms with Crippen LogP contribution in [0, 0.1) is 0 Å². The van der Waals surface area contributed by atoms with E-state index < -0.39 is 5.97 Å². The molecule has 2 aromatic rings. The summed E-state index contributed by atoms with van der Waals surface area (Å²) in [5.74, 6) is -0.436. The molecule has 3 rings (SSSR count). The highest BCUT2D eigenvalue weighted by Gasteiger charge is 2.22. The Morgan fingerprint density at radius 1 is 1.19 bits per heavy atom. The third-order valence-electron chi connectivity index (χ3n) is 3.98. The van der Waals surface area contributed by atoms with E-state index in [0.717, 1.165) is 25.7 Å². The van der Waals surface area contributed by atoms with Gasteiger partial charge in [0.1, 0.15) is 6.10 Å². The number of esters is 1. The molecule has 1 aromatic carbocycles. The predicted molar refractivity (Wildman–Crippen MR) is 79.3 cm³/mol. The normalized spacial score (nSPS) is 16.0. The number of carbonyl (C=O) groups is 1. The van der Waals surface area contributed by atoms with E-state index in [9.17, 15) is 9.59 Å². The Kier molecular flexibility index (Phi) is 3.73. The van der Waals surface area contributed by atoms with Crippen molar-refractivity contribution in [2.75, 3.05) is 0 Å². The Hall–Kier alpha value is -2.17. The fourth-order valence-electron chi connectivity index (χ4n) is 2.84. The van der Waals surface area contributed by atoms with Gasteiger partial charge in [-0.2, -0.15) is 5.10 Å². The number of hydrogen-bond acceptors (Lipinski definition) is 4. The fraction of sp³-hybridized carbons (Fsp3) is 0.438. The lowest BCUT2D eigenvalue weighted by Gasteiger charge is -2.21. The van der Waals surface area contributed by atoms with E-state index in [1.807, 2.05) is 0 Å². The van der Waals surface area contributed by atoms with E-state index >= 15 is 0 Å². The number of fused-ring (bicyclic) bond motifs is 1. The minimum atomic E-state index is -0.436. The molecule has 1 aliphatic carbocycles. The molecular formula is C16H18N2O3. The monoisotopic (exact) mass is 286 g/mol. The zero-order valence-electron chi connectivity index (χ0n) is 12.0. The lowest BCUT2D eigenvalue weighted by molar-refractivity contribution is 0.0204. The van der Waals surface area contributed by atoms with Crippen LogP contribution in [-0.4, -0.2) is 21.9 Å². The SMILES string of the molecule is Cn1nc(C(=O)OC2CCCCC2)c2ccccc2c1=O. The molecule has 1 fully saturated rings. The first kappa shape index (κ1) is 13.8. The van der Waals surface area contributed by atoms with Crippen molar-refractivity contribution in [2.24, 2.45) is 7.05 Å². The van der Waals surface area contributed by atoms with E-state index in [1.54, 1.807) is 31.3 Å². The summed E-state index contributed by atoms with van der Waals surface area (Å²) in [7, 11) is 1.55. The maximum atomic E-state index is 12.4. The molecule has 21 heavy (non-hydrogen) atoms. The molecule has 0 aliphatic heterocycles. The fourth-order valence-corrected chi connectivity index (χ4v) is 2.84. The van der Waals surface area contributed by atoms with Crippen LogP contribution in [0.3, 0.4) is 0 Å². The summed E-state index contributed by atoms with van der Waals surface area (Å²) in [4.78, 5) is 24.4. The third kappa shape index (κ3) is 2.68. The molecule has 0 N–H and O–H groups in total. The highest BCUT2D eigenvalue weighted by molar-refractivity contribution is 6.02. The van der Waals surface area contributed by atoms with Crippen LogP contribution in [0.2, 0.25) is 0 Å². The molecule has 0 saturated heterocycles. The molecule has 0 bridgehead atoms. The molecule has 5 nitrogen and oxygen atoms in total. The molecule has 0 atom stereocenters. The summed E-state index contributed by atoms with van der Waals surface area (Å²) in [6, 6.07) is 7.01. The van der Waals surface area contributed by atoms with Crippen LogP contribution in [-0.2, 0) is 11.8 Å². The summed E-state index contributed by atoms with van der Waals surface area (Å²) < 4.78 is 6.76. The third-order valence-corrected chi connectivity index (χ3v) is 3.98. The van der Waals surface area contributed by atoms with E-state index in [4.69, 9.17) is 4.74 Å². The minimum absolute atomic E-state index is 0.0240. The molecule has 1 aliphatic rings. The number of rotatable bonds is 2. The first-order chi connectivity index (χ1) is 10.2. The lowest BCUT2D eigenvalue weighted by Crippen LogP contribution is -2.26. The van der Waals surface area contributed by atoms with E-state index in [0.29, 0.717) is 10.8 Å². The Balaban J connectivity index is 1.97. The van der Waals surface area contributed by atoms with Gasteiger partial charge >= 0.3 is 5.97 Å². The maximum Gasteiger partial charge on any atom is 0.359 e. The number of ether oxygens (including phenoxy) is 1. The van der Waals surface area contributed by atoms with Gasteiger partial charge in [-0.05, 0) is 31.7 Å².